The second-order valence-corrected chi connectivity index (χ2v) is 5.17. The van der Waals surface area contributed by atoms with E-state index in [1.165, 1.54) is 4.90 Å². The molecule has 0 bridgehead atoms. The Morgan fingerprint density at radius 3 is 2.63 bits per heavy atom. The van der Waals surface area contributed by atoms with E-state index < -0.39 is 0 Å². The Kier molecular flexibility index (Phi) is 3.93. The minimum Gasteiger partial charge on any atom is -0.489 e. The molecule has 0 saturated heterocycles. The summed E-state index contributed by atoms with van der Waals surface area (Å²) in [5.41, 5.74) is 0.410. The van der Waals surface area contributed by atoms with Crippen LogP contribution in [0.5, 0.6) is 11.6 Å². The molecule has 0 aromatic carbocycles. The maximum Gasteiger partial charge on any atom is 0.262 e. The van der Waals surface area contributed by atoms with Crippen molar-refractivity contribution in [1.29, 1.82) is 0 Å². The van der Waals surface area contributed by atoms with E-state index in [1.54, 1.807) is 26.4 Å². The number of hydrogen-bond acceptors (Lipinski definition) is 4. The fraction of sp³-hybridized carbons (Fsp3) is 0.571. The lowest BCUT2D eigenvalue weighted by Crippen LogP contribution is -2.24. The van der Waals surface area contributed by atoms with Crippen LogP contribution in [0.25, 0.3) is 0 Å². The Balaban J connectivity index is 2.37. The summed E-state index contributed by atoms with van der Waals surface area (Å²) in [4.78, 5) is 18.0. The van der Waals surface area contributed by atoms with Gasteiger partial charge in [-0.1, -0.05) is 0 Å². The van der Waals surface area contributed by atoms with Gasteiger partial charge >= 0.3 is 0 Å². The lowest BCUT2D eigenvalue weighted by atomic mass is 10.2. The number of amides is 1. The van der Waals surface area contributed by atoms with Gasteiger partial charge in [-0.05, 0) is 32.8 Å². The third kappa shape index (κ3) is 3.36. The maximum absolute atomic E-state index is 12.3. The van der Waals surface area contributed by atoms with E-state index in [4.69, 9.17) is 9.47 Å². The third-order valence-corrected chi connectivity index (χ3v) is 2.66. The minimum absolute atomic E-state index is 0.0441. The molecular formula is C14H20N2O3. The third-order valence-electron chi connectivity index (χ3n) is 2.66. The normalized spacial score (nSPS) is 14.4. The summed E-state index contributed by atoms with van der Waals surface area (Å²) in [6, 6.07) is 1.72. The van der Waals surface area contributed by atoms with Gasteiger partial charge in [-0.25, -0.2) is 4.98 Å². The van der Waals surface area contributed by atoms with Crippen LogP contribution in [0.4, 0.5) is 0 Å². The molecule has 0 atom stereocenters. The van der Waals surface area contributed by atoms with Gasteiger partial charge < -0.3 is 14.4 Å². The summed E-state index contributed by atoms with van der Waals surface area (Å²) in [7, 11) is 3.41. The topological polar surface area (TPSA) is 51.7 Å². The summed E-state index contributed by atoms with van der Waals surface area (Å²) in [5.74, 6) is 0.748. The van der Waals surface area contributed by atoms with Crippen molar-refractivity contribution in [3.8, 4) is 11.6 Å². The lowest BCUT2D eigenvalue weighted by Gasteiger charge is -2.18. The zero-order chi connectivity index (χ0) is 14.0. The van der Waals surface area contributed by atoms with Gasteiger partial charge in [-0.15, -0.1) is 0 Å². The van der Waals surface area contributed by atoms with Gasteiger partial charge in [0.25, 0.3) is 5.91 Å². The molecule has 1 aromatic rings. The second-order valence-electron chi connectivity index (χ2n) is 5.17. The molecule has 0 aliphatic heterocycles. The predicted octanol–water partition coefficient (Wildman–Crippen LogP) is 2.11. The summed E-state index contributed by atoms with van der Waals surface area (Å²) in [6.45, 7) is 3.81. The number of rotatable bonds is 5. The first-order valence-electron chi connectivity index (χ1n) is 6.53. The molecule has 1 heterocycles. The molecule has 5 nitrogen and oxygen atoms in total. The van der Waals surface area contributed by atoms with Crippen molar-refractivity contribution in [3.63, 3.8) is 0 Å². The van der Waals surface area contributed by atoms with E-state index in [2.05, 4.69) is 4.98 Å². The van der Waals surface area contributed by atoms with Crippen molar-refractivity contribution in [1.82, 2.24) is 9.88 Å². The Labute approximate surface area is 113 Å². The SMILES string of the molecule is CC(C)Oc1nccc(OC2CC2)c1C(=O)N(C)C. The molecule has 5 heteroatoms. The highest BCUT2D eigenvalue weighted by Gasteiger charge is 2.28. The van der Waals surface area contributed by atoms with Gasteiger partial charge in [0, 0.05) is 20.3 Å². The van der Waals surface area contributed by atoms with Crippen molar-refractivity contribution in [2.45, 2.75) is 38.9 Å². The molecule has 0 radical (unpaired) electrons. The van der Waals surface area contributed by atoms with Crippen LogP contribution in [0, 0.1) is 0 Å². The number of hydrogen-bond donors (Lipinski definition) is 0. The first-order chi connectivity index (χ1) is 8.99. The summed E-state index contributed by atoms with van der Waals surface area (Å²) in [6.07, 6.45) is 3.87. The van der Waals surface area contributed by atoms with E-state index in [0.717, 1.165) is 12.8 Å². The van der Waals surface area contributed by atoms with E-state index in [9.17, 15) is 4.79 Å². The Hall–Kier alpha value is -1.78. The van der Waals surface area contributed by atoms with E-state index in [-0.39, 0.29) is 18.1 Å². The van der Waals surface area contributed by atoms with Crippen molar-refractivity contribution >= 4 is 5.91 Å². The molecule has 0 spiro atoms. The van der Waals surface area contributed by atoms with Gasteiger partial charge in [0.2, 0.25) is 5.88 Å². The van der Waals surface area contributed by atoms with Crippen molar-refractivity contribution in [2.75, 3.05) is 14.1 Å². The van der Waals surface area contributed by atoms with Crippen LogP contribution in [-0.2, 0) is 0 Å². The van der Waals surface area contributed by atoms with E-state index in [1.807, 2.05) is 13.8 Å². The highest BCUT2D eigenvalue weighted by molar-refractivity contribution is 5.98. The number of carbonyl (C=O) groups excluding carboxylic acids is 1. The van der Waals surface area contributed by atoms with Crippen LogP contribution < -0.4 is 9.47 Å². The second kappa shape index (κ2) is 5.47. The molecular weight excluding hydrogens is 244 g/mol. The quantitative estimate of drug-likeness (QED) is 0.817. The molecule has 0 N–H and O–H groups in total. The molecule has 1 aliphatic carbocycles. The lowest BCUT2D eigenvalue weighted by molar-refractivity contribution is 0.0814. The molecule has 1 amide bonds. The fourth-order valence-electron chi connectivity index (χ4n) is 1.62. The average molecular weight is 264 g/mol. The molecule has 19 heavy (non-hydrogen) atoms. The van der Waals surface area contributed by atoms with Crippen LogP contribution in [0.2, 0.25) is 0 Å². The number of nitrogens with zero attached hydrogens (tertiary/aromatic N) is 2. The molecule has 1 fully saturated rings. The number of carbonyl (C=O) groups is 1. The summed E-state index contributed by atoms with van der Waals surface area (Å²) < 4.78 is 11.4. The first kappa shape index (κ1) is 13.6. The standard InChI is InChI=1S/C14H20N2O3/c1-9(2)18-13-12(14(17)16(3)4)11(7-8-15-13)19-10-5-6-10/h7-10H,5-6H2,1-4H3. The molecule has 104 valence electrons. The molecule has 1 aromatic heterocycles. The molecule has 1 saturated carbocycles. The highest BCUT2D eigenvalue weighted by atomic mass is 16.5. The number of aromatic nitrogens is 1. The Bertz CT molecular complexity index is 446. The van der Waals surface area contributed by atoms with Crippen molar-refractivity contribution in [2.24, 2.45) is 0 Å². The Morgan fingerprint density at radius 1 is 1.42 bits per heavy atom. The predicted molar refractivity (Wildman–Crippen MR) is 71.7 cm³/mol. The molecule has 2 rings (SSSR count). The van der Waals surface area contributed by atoms with Crippen molar-refractivity contribution < 1.29 is 14.3 Å². The summed E-state index contributed by atoms with van der Waals surface area (Å²) in [5, 5.41) is 0. The Morgan fingerprint density at radius 2 is 2.11 bits per heavy atom. The minimum atomic E-state index is -0.153. The molecule has 0 unspecified atom stereocenters. The average Bonchev–Trinajstić information content (AvgIpc) is 3.11. The van der Waals surface area contributed by atoms with Crippen LogP contribution in [-0.4, -0.2) is 42.1 Å². The fourth-order valence-corrected chi connectivity index (χ4v) is 1.62. The van der Waals surface area contributed by atoms with Crippen molar-refractivity contribution in [3.05, 3.63) is 17.8 Å². The first-order valence-corrected chi connectivity index (χ1v) is 6.53. The zero-order valence-electron chi connectivity index (χ0n) is 11.8. The number of ether oxygens (including phenoxy) is 2. The van der Waals surface area contributed by atoms with Crippen LogP contribution in [0.3, 0.4) is 0 Å². The van der Waals surface area contributed by atoms with Gasteiger partial charge in [-0.3, -0.25) is 4.79 Å². The van der Waals surface area contributed by atoms with Gasteiger partial charge in [0.1, 0.15) is 11.3 Å². The smallest absolute Gasteiger partial charge is 0.262 e. The van der Waals surface area contributed by atoms with Gasteiger partial charge in [-0.2, -0.15) is 0 Å². The number of pyridine rings is 1. The maximum atomic E-state index is 12.3. The monoisotopic (exact) mass is 264 g/mol. The van der Waals surface area contributed by atoms with Gasteiger partial charge in [0.15, 0.2) is 0 Å². The van der Waals surface area contributed by atoms with E-state index in [0.29, 0.717) is 17.2 Å². The van der Waals surface area contributed by atoms with Gasteiger partial charge in [0.05, 0.1) is 12.2 Å². The van der Waals surface area contributed by atoms with E-state index >= 15 is 0 Å². The summed E-state index contributed by atoms with van der Waals surface area (Å²) >= 11 is 0. The highest BCUT2D eigenvalue weighted by Crippen LogP contribution is 2.33. The van der Waals surface area contributed by atoms with Crippen LogP contribution >= 0.6 is 0 Å². The largest absolute Gasteiger partial charge is 0.489 e. The molecule has 1 aliphatic rings. The van der Waals surface area contributed by atoms with Crippen LogP contribution in [0.1, 0.15) is 37.0 Å². The zero-order valence-corrected chi connectivity index (χ0v) is 11.8. The van der Waals surface area contributed by atoms with Crippen LogP contribution in [0.15, 0.2) is 12.3 Å².